The Labute approximate surface area is 175 Å². The highest BCUT2D eigenvalue weighted by molar-refractivity contribution is 6.12. The largest absolute Gasteiger partial charge is 0.497 e. The van der Waals surface area contributed by atoms with Crippen LogP contribution in [0.1, 0.15) is 22.3 Å². The van der Waals surface area contributed by atoms with Gasteiger partial charge in [-0.2, -0.15) is 0 Å². The standard InChI is InChI=1S/C25H21NO4/c1-17-4-3-5-19(14-17)16-29-22-10-6-18(7-11-22)15-23-25(27)30-24(26-23)20-8-12-21(28-2)13-9-20/h3-15H,16H2,1-2H3/b23-15+. The molecular formula is C25H21NO4. The van der Waals surface area contributed by atoms with E-state index in [9.17, 15) is 4.79 Å². The molecule has 0 bridgehead atoms. The maximum Gasteiger partial charge on any atom is 0.363 e. The number of aryl methyl sites for hydroxylation is 1. The van der Waals surface area contributed by atoms with Gasteiger partial charge in [0.1, 0.15) is 18.1 Å². The molecule has 3 aromatic carbocycles. The Morgan fingerprint density at radius 3 is 2.40 bits per heavy atom. The molecule has 5 nitrogen and oxygen atoms in total. The molecule has 1 heterocycles. The summed E-state index contributed by atoms with van der Waals surface area (Å²) in [6, 6.07) is 22.9. The number of hydrogen-bond acceptors (Lipinski definition) is 5. The van der Waals surface area contributed by atoms with Crippen molar-refractivity contribution in [3.05, 3.63) is 101 Å². The molecule has 1 aliphatic heterocycles. The number of nitrogens with zero attached hydrogens (tertiary/aromatic N) is 1. The van der Waals surface area contributed by atoms with E-state index in [1.165, 1.54) is 5.56 Å². The van der Waals surface area contributed by atoms with E-state index in [1.54, 1.807) is 37.5 Å². The highest BCUT2D eigenvalue weighted by Gasteiger charge is 2.24. The van der Waals surface area contributed by atoms with Crippen molar-refractivity contribution in [1.29, 1.82) is 0 Å². The summed E-state index contributed by atoms with van der Waals surface area (Å²) in [5, 5.41) is 0. The fourth-order valence-electron chi connectivity index (χ4n) is 3.05. The van der Waals surface area contributed by atoms with E-state index in [0.29, 0.717) is 12.2 Å². The van der Waals surface area contributed by atoms with Crippen LogP contribution in [0.2, 0.25) is 0 Å². The minimum Gasteiger partial charge on any atom is -0.497 e. The molecule has 0 radical (unpaired) electrons. The second-order valence-electron chi connectivity index (χ2n) is 6.91. The Hall–Kier alpha value is -3.86. The van der Waals surface area contributed by atoms with Crippen LogP contribution in [-0.2, 0) is 16.1 Å². The van der Waals surface area contributed by atoms with Crippen LogP contribution in [0.5, 0.6) is 11.5 Å². The maximum absolute atomic E-state index is 12.2. The fraction of sp³-hybridized carbons (Fsp3) is 0.120. The summed E-state index contributed by atoms with van der Waals surface area (Å²) in [7, 11) is 1.60. The lowest BCUT2D eigenvalue weighted by molar-refractivity contribution is -0.129. The monoisotopic (exact) mass is 399 g/mol. The zero-order valence-corrected chi connectivity index (χ0v) is 16.8. The van der Waals surface area contributed by atoms with E-state index in [4.69, 9.17) is 14.2 Å². The van der Waals surface area contributed by atoms with E-state index in [2.05, 4.69) is 24.0 Å². The first-order valence-electron chi connectivity index (χ1n) is 9.56. The molecule has 0 unspecified atom stereocenters. The second kappa shape index (κ2) is 8.66. The quantitative estimate of drug-likeness (QED) is 0.436. The Morgan fingerprint density at radius 1 is 0.967 bits per heavy atom. The molecule has 0 aliphatic carbocycles. The lowest BCUT2D eigenvalue weighted by Gasteiger charge is -2.07. The van der Waals surface area contributed by atoms with Crippen LogP contribution in [0, 0.1) is 6.92 Å². The first-order chi connectivity index (χ1) is 14.6. The van der Waals surface area contributed by atoms with Crippen LogP contribution >= 0.6 is 0 Å². The van der Waals surface area contributed by atoms with Gasteiger partial charge in [0, 0.05) is 5.56 Å². The normalized spacial score (nSPS) is 14.4. The van der Waals surface area contributed by atoms with Crippen LogP contribution in [0.3, 0.4) is 0 Å². The van der Waals surface area contributed by atoms with Gasteiger partial charge >= 0.3 is 5.97 Å². The van der Waals surface area contributed by atoms with Gasteiger partial charge in [0.05, 0.1) is 7.11 Å². The Bertz CT molecular complexity index is 1110. The average molecular weight is 399 g/mol. The van der Waals surface area contributed by atoms with Crippen molar-refractivity contribution in [2.24, 2.45) is 4.99 Å². The maximum atomic E-state index is 12.2. The van der Waals surface area contributed by atoms with Gasteiger partial charge < -0.3 is 14.2 Å². The van der Waals surface area contributed by atoms with Crippen LogP contribution in [0.25, 0.3) is 6.08 Å². The molecule has 0 aromatic heterocycles. The highest BCUT2D eigenvalue weighted by atomic mass is 16.6. The highest BCUT2D eigenvalue weighted by Crippen LogP contribution is 2.22. The summed E-state index contributed by atoms with van der Waals surface area (Å²) in [6.45, 7) is 2.56. The SMILES string of the molecule is COc1ccc(C2=N/C(=C/c3ccc(OCc4cccc(C)c4)cc3)C(=O)O2)cc1. The van der Waals surface area contributed by atoms with E-state index in [1.807, 2.05) is 36.4 Å². The van der Waals surface area contributed by atoms with Gasteiger partial charge in [-0.25, -0.2) is 9.79 Å². The number of benzene rings is 3. The molecule has 5 heteroatoms. The molecule has 1 aliphatic rings. The number of rotatable bonds is 6. The van der Waals surface area contributed by atoms with Gasteiger partial charge in [0.15, 0.2) is 5.70 Å². The Balaban J connectivity index is 1.44. The van der Waals surface area contributed by atoms with Crippen LogP contribution in [0.4, 0.5) is 0 Å². The van der Waals surface area contributed by atoms with Gasteiger partial charge in [0.2, 0.25) is 5.90 Å². The lowest BCUT2D eigenvalue weighted by Crippen LogP contribution is -2.05. The summed E-state index contributed by atoms with van der Waals surface area (Å²) in [6.07, 6.45) is 1.70. The molecule has 3 aromatic rings. The van der Waals surface area contributed by atoms with E-state index in [-0.39, 0.29) is 11.6 Å². The lowest BCUT2D eigenvalue weighted by atomic mass is 10.1. The molecule has 0 saturated carbocycles. The number of ether oxygens (including phenoxy) is 3. The summed E-state index contributed by atoms with van der Waals surface area (Å²) in [4.78, 5) is 16.5. The molecule has 0 amide bonds. The third-order valence-electron chi connectivity index (χ3n) is 4.63. The number of aliphatic imine (C=N–C) groups is 1. The van der Waals surface area contributed by atoms with Crippen LogP contribution in [0.15, 0.2) is 83.5 Å². The molecule has 0 saturated heterocycles. The topological polar surface area (TPSA) is 57.1 Å². The predicted octanol–water partition coefficient (Wildman–Crippen LogP) is 4.93. The summed E-state index contributed by atoms with van der Waals surface area (Å²) >= 11 is 0. The Morgan fingerprint density at radius 2 is 1.70 bits per heavy atom. The summed E-state index contributed by atoms with van der Waals surface area (Å²) < 4.78 is 16.3. The van der Waals surface area contributed by atoms with Crippen LogP contribution < -0.4 is 9.47 Å². The van der Waals surface area contributed by atoms with E-state index in [0.717, 1.165) is 22.6 Å². The Kier molecular flexibility index (Phi) is 5.61. The summed E-state index contributed by atoms with van der Waals surface area (Å²) in [5.41, 5.74) is 4.14. The third-order valence-corrected chi connectivity index (χ3v) is 4.63. The van der Waals surface area contributed by atoms with Crippen molar-refractivity contribution in [3.63, 3.8) is 0 Å². The average Bonchev–Trinajstić information content (AvgIpc) is 3.13. The van der Waals surface area contributed by atoms with Gasteiger partial charge in [-0.1, -0.05) is 42.0 Å². The first-order valence-corrected chi connectivity index (χ1v) is 9.56. The molecule has 0 spiro atoms. The van der Waals surface area contributed by atoms with Crippen molar-refractivity contribution >= 4 is 17.9 Å². The summed E-state index contributed by atoms with van der Waals surface area (Å²) in [5.74, 6) is 1.30. The smallest absolute Gasteiger partial charge is 0.363 e. The van der Waals surface area contributed by atoms with Crippen molar-refractivity contribution in [2.75, 3.05) is 7.11 Å². The number of carbonyl (C=O) groups excluding carboxylic acids is 1. The van der Waals surface area contributed by atoms with Gasteiger partial charge in [0.25, 0.3) is 0 Å². The minimum atomic E-state index is -0.472. The molecule has 150 valence electrons. The molecule has 0 N–H and O–H groups in total. The van der Waals surface area contributed by atoms with Crippen LogP contribution in [-0.4, -0.2) is 19.0 Å². The molecule has 0 fully saturated rings. The predicted molar refractivity (Wildman–Crippen MR) is 116 cm³/mol. The van der Waals surface area contributed by atoms with Crippen molar-refractivity contribution in [1.82, 2.24) is 0 Å². The number of esters is 1. The zero-order chi connectivity index (χ0) is 20.9. The molecule has 0 atom stereocenters. The van der Waals surface area contributed by atoms with Gasteiger partial charge in [-0.15, -0.1) is 0 Å². The van der Waals surface area contributed by atoms with Gasteiger partial charge in [-0.05, 0) is 60.5 Å². The van der Waals surface area contributed by atoms with E-state index < -0.39 is 5.97 Å². The van der Waals surface area contributed by atoms with Gasteiger partial charge in [-0.3, -0.25) is 0 Å². The number of cyclic esters (lactones) is 1. The van der Waals surface area contributed by atoms with E-state index >= 15 is 0 Å². The molecule has 30 heavy (non-hydrogen) atoms. The number of methoxy groups -OCH3 is 1. The zero-order valence-electron chi connectivity index (χ0n) is 16.8. The second-order valence-corrected chi connectivity index (χ2v) is 6.91. The molecule has 4 rings (SSSR count). The minimum absolute atomic E-state index is 0.259. The number of carbonyl (C=O) groups is 1. The van der Waals surface area contributed by atoms with Crippen molar-refractivity contribution in [2.45, 2.75) is 13.5 Å². The first kappa shape index (κ1) is 19.5. The van der Waals surface area contributed by atoms with Crippen molar-refractivity contribution < 1.29 is 19.0 Å². The molecular weight excluding hydrogens is 378 g/mol. The number of hydrogen-bond donors (Lipinski definition) is 0. The fourth-order valence-corrected chi connectivity index (χ4v) is 3.05. The van der Waals surface area contributed by atoms with Crippen molar-refractivity contribution in [3.8, 4) is 11.5 Å². The third kappa shape index (κ3) is 4.58.